The van der Waals surface area contributed by atoms with Crippen molar-refractivity contribution in [3.05, 3.63) is 29.8 Å². The predicted octanol–water partition coefficient (Wildman–Crippen LogP) is -0.0154. The highest BCUT2D eigenvalue weighted by Gasteiger charge is 2.21. The van der Waals surface area contributed by atoms with Crippen LogP contribution in [0.3, 0.4) is 0 Å². The second-order valence-electron chi connectivity index (χ2n) is 4.89. The average molecular weight is 277 g/mol. The summed E-state index contributed by atoms with van der Waals surface area (Å²) in [6.45, 7) is 4.12. The van der Waals surface area contributed by atoms with E-state index < -0.39 is 5.91 Å². The first kappa shape index (κ1) is 14.3. The molecule has 6 heteroatoms. The summed E-state index contributed by atoms with van der Waals surface area (Å²) in [6.07, 6.45) is 0. The molecule has 0 bridgehead atoms. The molecule has 2 rings (SSSR count). The van der Waals surface area contributed by atoms with Gasteiger partial charge in [-0.1, -0.05) is 0 Å². The molecular weight excluding hydrogens is 258 g/mol. The van der Waals surface area contributed by atoms with Crippen LogP contribution >= 0.6 is 0 Å². The van der Waals surface area contributed by atoms with E-state index in [1.807, 2.05) is 4.90 Å². The number of ether oxygens (including phenoxy) is 1. The van der Waals surface area contributed by atoms with Crippen LogP contribution in [0.2, 0.25) is 0 Å². The minimum atomic E-state index is -0.528. The molecule has 108 valence electrons. The maximum atomic E-state index is 12.3. The minimum Gasteiger partial charge on any atom is -0.484 e. The molecule has 1 saturated heterocycles. The number of hydrogen-bond acceptors (Lipinski definition) is 4. The first-order valence-corrected chi connectivity index (χ1v) is 6.60. The Kier molecular flexibility index (Phi) is 4.57. The summed E-state index contributed by atoms with van der Waals surface area (Å²) < 4.78 is 5.16. The van der Waals surface area contributed by atoms with Gasteiger partial charge in [0.05, 0.1) is 0 Å². The van der Waals surface area contributed by atoms with E-state index in [9.17, 15) is 9.59 Å². The van der Waals surface area contributed by atoms with Crippen LogP contribution in [0.25, 0.3) is 0 Å². The molecule has 0 radical (unpaired) electrons. The Morgan fingerprint density at radius 1 is 1.40 bits per heavy atom. The van der Waals surface area contributed by atoms with Gasteiger partial charge in [-0.3, -0.25) is 9.59 Å². The van der Waals surface area contributed by atoms with Crippen LogP contribution in [0.15, 0.2) is 24.3 Å². The fourth-order valence-electron chi connectivity index (χ4n) is 2.15. The molecule has 3 N–H and O–H groups in total. The summed E-state index contributed by atoms with van der Waals surface area (Å²) >= 11 is 0. The summed E-state index contributed by atoms with van der Waals surface area (Å²) in [7, 11) is 0. The van der Waals surface area contributed by atoms with Gasteiger partial charge in [0.1, 0.15) is 5.75 Å². The Labute approximate surface area is 117 Å². The Morgan fingerprint density at radius 2 is 2.10 bits per heavy atom. The van der Waals surface area contributed by atoms with Crippen LogP contribution in [-0.2, 0) is 4.79 Å². The number of benzene rings is 1. The third-order valence-electron chi connectivity index (χ3n) is 3.14. The van der Waals surface area contributed by atoms with Gasteiger partial charge in [0.25, 0.3) is 11.8 Å². The van der Waals surface area contributed by atoms with E-state index in [2.05, 4.69) is 12.2 Å². The third kappa shape index (κ3) is 3.71. The lowest BCUT2D eigenvalue weighted by Crippen LogP contribution is -2.51. The van der Waals surface area contributed by atoms with Crippen molar-refractivity contribution in [1.82, 2.24) is 10.2 Å². The number of carbonyl (C=O) groups is 2. The molecule has 1 heterocycles. The Bertz CT molecular complexity index is 487. The number of rotatable bonds is 4. The van der Waals surface area contributed by atoms with Crippen molar-refractivity contribution in [2.24, 2.45) is 5.73 Å². The monoisotopic (exact) mass is 277 g/mol. The van der Waals surface area contributed by atoms with E-state index in [-0.39, 0.29) is 12.5 Å². The SMILES string of the molecule is C[C@@H]1CN(C(=O)c2ccc(OCC(N)=O)cc2)CCN1. The molecule has 0 spiro atoms. The van der Waals surface area contributed by atoms with Crippen LogP contribution in [0.1, 0.15) is 17.3 Å². The molecule has 1 aromatic carbocycles. The van der Waals surface area contributed by atoms with Crippen molar-refractivity contribution in [2.45, 2.75) is 13.0 Å². The van der Waals surface area contributed by atoms with Crippen LogP contribution in [-0.4, -0.2) is 49.0 Å². The first-order chi connectivity index (χ1) is 9.56. The van der Waals surface area contributed by atoms with Crippen LogP contribution in [0.5, 0.6) is 5.75 Å². The number of nitrogens with zero attached hydrogens (tertiary/aromatic N) is 1. The lowest BCUT2D eigenvalue weighted by molar-refractivity contribution is -0.119. The fourth-order valence-corrected chi connectivity index (χ4v) is 2.15. The minimum absolute atomic E-state index is 0.0137. The van der Waals surface area contributed by atoms with Gasteiger partial charge >= 0.3 is 0 Å². The highest BCUT2D eigenvalue weighted by Crippen LogP contribution is 2.14. The maximum Gasteiger partial charge on any atom is 0.255 e. The van der Waals surface area contributed by atoms with E-state index in [1.54, 1.807) is 24.3 Å². The van der Waals surface area contributed by atoms with Crippen molar-refractivity contribution in [1.29, 1.82) is 0 Å². The highest BCUT2D eigenvalue weighted by molar-refractivity contribution is 5.94. The molecule has 1 aliphatic heterocycles. The quantitative estimate of drug-likeness (QED) is 0.810. The topological polar surface area (TPSA) is 84.7 Å². The predicted molar refractivity (Wildman–Crippen MR) is 74.5 cm³/mol. The molecule has 0 aliphatic carbocycles. The van der Waals surface area contributed by atoms with Crippen LogP contribution in [0.4, 0.5) is 0 Å². The van der Waals surface area contributed by atoms with Crippen molar-refractivity contribution in [2.75, 3.05) is 26.2 Å². The van der Waals surface area contributed by atoms with Gasteiger partial charge < -0.3 is 20.7 Å². The zero-order valence-corrected chi connectivity index (χ0v) is 11.5. The van der Waals surface area contributed by atoms with E-state index in [1.165, 1.54) is 0 Å². The van der Waals surface area contributed by atoms with Crippen molar-refractivity contribution < 1.29 is 14.3 Å². The molecule has 1 aliphatic rings. The van der Waals surface area contributed by atoms with Crippen LogP contribution in [0, 0.1) is 0 Å². The van der Waals surface area contributed by atoms with E-state index in [0.717, 1.165) is 6.54 Å². The second-order valence-corrected chi connectivity index (χ2v) is 4.89. The van der Waals surface area contributed by atoms with Crippen LogP contribution < -0.4 is 15.8 Å². The molecule has 0 unspecified atom stereocenters. The van der Waals surface area contributed by atoms with Gasteiger partial charge in [0.15, 0.2) is 6.61 Å². The molecule has 1 atom stereocenters. The lowest BCUT2D eigenvalue weighted by Gasteiger charge is -2.32. The molecular formula is C14H19N3O3. The van der Waals surface area contributed by atoms with Gasteiger partial charge in [0, 0.05) is 31.2 Å². The van der Waals surface area contributed by atoms with E-state index >= 15 is 0 Å². The van der Waals surface area contributed by atoms with Gasteiger partial charge in [-0.05, 0) is 31.2 Å². The normalized spacial score (nSPS) is 18.6. The Hall–Kier alpha value is -2.08. The number of nitrogens with two attached hydrogens (primary N) is 1. The molecule has 6 nitrogen and oxygen atoms in total. The number of amides is 2. The summed E-state index contributed by atoms with van der Waals surface area (Å²) in [6, 6.07) is 7.05. The standard InChI is InChI=1S/C14H19N3O3/c1-10-8-17(7-6-16-10)14(19)11-2-4-12(5-3-11)20-9-13(15)18/h2-5,10,16H,6-9H2,1H3,(H2,15,18)/t10-/m1/s1. The number of carbonyl (C=O) groups excluding carboxylic acids is 2. The van der Waals surface area contributed by atoms with Crippen molar-refractivity contribution in [3.63, 3.8) is 0 Å². The summed E-state index contributed by atoms with van der Waals surface area (Å²) in [5, 5.41) is 3.30. The average Bonchev–Trinajstić information content (AvgIpc) is 2.45. The zero-order valence-electron chi connectivity index (χ0n) is 11.5. The number of primary amides is 1. The van der Waals surface area contributed by atoms with Crippen molar-refractivity contribution in [3.8, 4) is 5.75 Å². The number of nitrogens with one attached hydrogen (secondary N) is 1. The molecule has 20 heavy (non-hydrogen) atoms. The molecule has 0 aromatic heterocycles. The first-order valence-electron chi connectivity index (χ1n) is 6.60. The molecule has 2 amide bonds. The molecule has 1 fully saturated rings. The number of piperazine rings is 1. The summed E-state index contributed by atoms with van der Waals surface area (Å²) in [5.41, 5.74) is 5.61. The highest BCUT2D eigenvalue weighted by atomic mass is 16.5. The molecule has 1 aromatic rings. The Balaban J connectivity index is 1.98. The van der Waals surface area contributed by atoms with E-state index in [0.29, 0.717) is 30.4 Å². The van der Waals surface area contributed by atoms with Gasteiger partial charge in [0.2, 0.25) is 0 Å². The largest absolute Gasteiger partial charge is 0.484 e. The zero-order chi connectivity index (χ0) is 14.5. The lowest BCUT2D eigenvalue weighted by atomic mass is 10.1. The number of hydrogen-bond donors (Lipinski definition) is 2. The summed E-state index contributed by atoms with van der Waals surface area (Å²) in [4.78, 5) is 24.8. The van der Waals surface area contributed by atoms with Gasteiger partial charge in [-0.25, -0.2) is 0 Å². The summed E-state index contributed by atoms with van der Waals surface area (Å²) in [5.74, 6) is 0.00814. The fraction of sp³-hybridized carbons (Fsp3) is 0.429. The van der Waals surface area contributed by atoms with Gasteiger partial charge in [-0.2, -0.15) is 0 Å². The smallest absolute Gasteiger partial charge is 0.255 e. The van der Waals surface area contributed by atoms with Crippen molar-refractivity contribution >= 4 is 11.8 Å². The second kappa shape index (κ2) is 6.38. The van der Waals surface area contributed by atoms with Gasteiger partial charge in [-0.15, -0.1) is 0 Å². The maximum absolute atomic E-state index is 12.3. The third-order valence-corrected chi connectivity index (χ3v) is 3.14. The van der Waals surface area contributed by atoms with E-state index in [4.69, 9.17) is 10.5 Å². The molecule has 0 saturated carbocycles. The Morgan fingerprint density at radius 3 is 2.70 bits per heavy atom.